The summed E-state index contributed by atoms with van der Waals surface area (Å²) in [5, 5.41) is 1.19. The van der Waals surface area contributed by atoms with Gasteiger partial charge in [-0.1, -0.05) is 11.6 Å². The number of aryl methyl sites for hydroxylation is 1. The van der Waals surface area contributed by atoms with Gasteiger partial charge < -0.3 is 24.8 Å². The van der Waals surface area contributed by atoms with Crippen molar-refractivity contribution in [2.75, 3.05) is 31.7 Å². The molecule has 0 radical (unpaired) electrons. The van der Waals surface area contributed by atoms with E-state index in [9.17, 15) is 4.79 Å². The number of nitrogen functional groups attached to an aromatic ring is 1. The van der Waals surface area contributed by atoms with Crippen LogP contribution >= 0.6 is 23.4 Å². The summed E-state index contributed by atoms with van der Waals surface area (Å²) in [5.74, 6) is 1.60. The highest BCUT2D eigenvalue weighted by Crippen LogP contribution is 2.32. The Morgan fingerprint density at radius 2 is 2.06 bits per heavy atom. The summed E-state index contributed by atoms with van der Waals surface area (Å²) in [6, 6.07) is 3.84. The summed E-state index contributed by atoms with van der Waals surface area (Å²) in [4.78, 5) is 26.7. The summed E-state index contributed by atoms with van der Waals surface area (Å²) < 4.78 is 16.8. The quantitative estimate of drug-likeness (QED) is 0.275. The van der Waals surface area contributed by atoms with Gasteiger partial charge in [-0.2, -0.15) is 4.98 Å². The normalized spacial score (nSPS) is 15.1. The minimum atomic E-state index is -0.274. The molecule has 1 saturated heterocycles. The highest BCUT2D eigenvalue weighted by molar-refractivity contribution is 7.99. The molecule has 1 atom stereocenters. The van der Waals surface area contributed by atoms with Crippen molar-refractivity contribution < 1.29 is 19.0 Å². The minimum absolute atomic E-state index is 0.0850. The third-order valence-electron chi connectivity index (χ3n) is 5.57. The first-order chi connectivity index (χ1) is 16.4. The van der Waals surface area contributed by atoms with Gasteiger partial charge in [0.05, 0.1) is 23.5 Å². The van der Waals surface area contributed by atoms with Gasteiger partial charge in [-0.05, 0) is 51.0 Å². The third-order valence-corrected chi connectivity index (χ3v) is 6.85. The van der Waals surface area contributed by atoms with E-state index < -0.39 is 0 Å². The molecule has 0 spiro atoms. The maximum Gasteiger partial charge on any atom is 0.410 e. The van der Waals surface area contributed by atoms with Crippen molar-refractivity contribution in [3.63, 3.8) is 0 Å². The van der Waals surface area contributed by atoms with Crippen molar-refractivity contribution in [3.05, 3.63) is 29.3 Å². The number of piperidine rings is 1. The van der Waals surface area contributed by atoms with Crippen LogP contribution < -0.4 is 15.2 Å². The number of hydrogen-bond donors (Lipinski definition) is 1. The molecule has 1 unspecified atom stereocenters. The van der Waals surface area contributed by atoms with Gasteiger partial charge in [-0.15, -0.1) is 11.8 Å². The number of carbonyl (C=O) groups is 1. The lowest BCUT2D eigenvalue weighted by atomic mass is 10.1. The molecular formula is C23H32ClN5O4S. The third kappa shape index (κ3) is 7.53. The van der Waals surface area contributed by atoms with E-state index in [0.29, 0.717) is 43.2 Å². The van der Waals surface area contributed by atoms with Crippen LogP contribution in [0.5, 0.6) is 11.6 Å². The van der Waals surface area contributed by atoms with Crippen molar-refractivity contribution in [2.45, 2.75) is 63.2 Å². The van der Waals surface area contributed by atoms with Crippen molar-refractivity contribution in [1.29, 1.82) is 0 Å². The number of rotatable bonds is 10. The molecule has 1 amide bonds. The highest BCUT2D eigenvalue weighted by atomic mass is 35.5. The number of unbranched alkanes of at least 4 members (excludes halogenated alkanes) is 1. The van der Waals surface area contributed by atoms with Crippen LogP contribution in [-0.2, 0) is 4.74 Å². The van der Waals surface area contributed by atoms with Crippen LogP contribution in [0.15, 0.2) is 23.5 Å². The number of ether oxygens (including phenoxy) is 3. The lowest BCUT2D eigenvalue weighted by Gasteiger charge is -2.32. The number of amides is 1. The second-order valence-electron chi connectivity index (χ2n) is 8.17. The Hall–Kier alpha value is -2.46. The van der Waals surface area contributed by atoms with E-state index in [-0.39, 0.29) is 23.5 Å². The number of halogens is 1. The fraction of sp³-hybridized carbons (Fsp3) is 0.565. The minimum Gasteiger partial charge on any atom is -0.489 e. The number of thioether (sulfide) groups is 1. The van der Waals surface area contributed by atoms with Crippen LogP contribution in [0, 0.1) is 6.92 Å². The maximum atomic E-state index is 12.5. The molecule has 3 heterocycles. The number of pyridine rings is 1. The van der Waals surface area contributed by atoms with Gasteiger partial charge >= 0.3 is 6.09 Å². The Kier molecular flexibility index (Phi) is 9.88. The summed E-state index contributed by atoms with van der Waals surface area (Å²) >= 11 is 7.74. The largest absolute Gasteiger partial charge is 0.489 e. The molecule has 0 saturated carbocycles. The van der Waals surface area contributed by atoms with Crippen molar-refractivity contribution in [1.82, 2.24) is 19.9 Å². The van der Waals surface area contributed by atoms with Crippen LogP contribution in [0.4, 0.5) is 10.5 Å². The lowest BCUT2D eigenvalue weighted by Crippen LogP contribution is -2.43. The Balaban J connectivity index is 1.32. The number of hydrogen-bond acceptors (Lipinski definition) is 9. The molecule has 186 valence electrons. The summed E-state index contributed by atoms with van der Waals surface area (Å²) in [6.45, 7) is 4.97. The van der Waals surface area contributed by atoms with Crippen molar-refractivity contribution >= 4 is 35.1 Å². The van der Waals surface area contributed by atoms with Crippen LogP contribution in [0.2, 0.25) is 5.15 Å². The number of nitrogens with zero attached hydrogens (tertiary/aromatic N) is 4. The van der Waals surface area contributed by atoms with Gasteiger partial charge in [0, 0.05) is 25.9 Å². The highest BCUT2D eigenvalue weighted by Gasteiger charge is 2.27. The van der Waals surface area contributed by atoms with Gasteiger partial charge in [-0.3, -0.25) is 0 Å². The van der Waals surface area contributed by atoms with Crippen LogP contribution in [0.25, 0.3) is 0 Å². The molecule has 2 N–H and O–H groups in total. The second-order valence-corrected chi connectivity index (χ2v) is 9.64. The maximum absolute atomic E-state index is 12.5. The smallest absolute Gasteiger partial charge is 0.410 e. The zero-order valence-corrected chi connectivity index (χ0v) is 21.4. The summed E-state index contributed by atoms with van der Waals surface area (Å²) in [5.41, 5.74) is 7.38. The van der Waals surface area contributed by atoms with Crippen LogP contribution in [0.1, 0.15) is 44.7 Å². The van der Waals surface area contributed by atoms with Crippen LogP contribution in [-0.4, -0.2) is 64.1 Å². The monoisotopic (exact) mass is 509 g/mol. The van der Waals surface area contributed by atoms with Crippen molar-refractivity contribution in [3.8, 4) is 11.6 Å². The molecular weight excluding hydrogens is 478 g/mol. The number of carbonyl (C=O) groups excluding carboxylic acids is 1. The number of anilines is 1. The first-order valence-electron chi connectivity index (χ1n) is 11.4. The Morgan fingerprint density at radius 1 is 1.29 bits per heavy atom. The summed E-state index contributed by atoms with van der Waals surface area (Å²) in [6.07, 6.45) is 5.02. The van der Waals surface area contributed by atoms with E-state index in [1.165, 1.54) is 13.4 Å². The first-order valence-corrected chi connectivity index (χ1v) is 12.8. The van der Waals surface area contributed by atoms with Gasteiger partial charge in [0.2, 0.25) is 5.75 Å². The van der Waals surface area contributed by atoms with E-state index in [1.807, 2.05) is 26.0 Å². The molecule has 0 aromatic carbocycles. The fourth-order valence-electron chi connectivity index (χ4n) is 3.55. The van der Waals surface area contributed by atoms with Gasteiger partial charge in [-0.25, -0.2) is 14.8 Å². The average Bonchev–Trinajstić information content (AvgIpc) is 2.81. The number of aromatic nitrogens is 3. The zero-order valence-electron chi connectivity index (χ0n) is 19.8. The molecule has 34 heavy (non-hydrogen) atoms. The Morgan fingerprint density at radius 3 is 2.76 bits per heavy atom. The number of likely N-dealkylation sites (tertiary alicyclic amines) is 1. The van der Waals surface area contributed by atoms with E-state index >= 15 is 0 Å². The van der Waals surface area contributed by atoms with Gasteiger partial charge in [0.25, 0.3) is 5.88 Å². The van der Waals surface area contributed by atoms with Crippen molar-refractivity contribution in [2.24, 2.45) is 0 Å². The molecule has 1 aliphatic rings. The zero-order chi connectivity index (χ0) is 24.5. The SMILES string of the molecule is COc1c(Cl)ncnc1OC1CCN(C(=O)OC(C)CCCCSc2ccc(N)c(C)n2)CC1. The van der Waals surface area contributed by atoms with E-state index in [0.717, 1.165) is 35.7 Å². The van der Waals surface area contributed by atoms with Gasteiger partial charge in [0.1, 0.15) is 18.5 Å². The molecule has 0 bridgehead atoms. The van der Waals surface area contributed by atoms with E-state index in [1.54, 1.807) is 16.7 Å². The first kappa shape index (κ1) is 26.2. The standard InChI is InChI=1S/C23H32ClN5O4S/c1-15(6-4-5-13-34-19-8-7-18(25)16(2)28-19)32-23(30)29-11-9-17(10-12-29)33-22-20(31-3)21(24)26-14-27-22/h7-8,14-15,17H,4-6,9-13,25H2,1-3H3. The number of nitrogens with two attached hydrogens (primary N) is 1. The molecule has 0 aliphatic carbocycles. The topological polar surface area (TPSA) is 113 Å². The molecule has 2 aromatic rings. The fourth-order valence-corrected chi connectivity index (χ4v) is 4.68. The predicted octanol–water partition coefficient (Wildman–Crippen LogP) is 4.76. The molecule has 3 rings (SSSR count). The summed E-state index contributed by atoms with van der Waals surface area (Å²) in [7, 11) is 1.49. The molecule has 1 fully saturated rings. The molecule has 9 nitrogen and oxygen atoms in total. The molecule has 2 aromatic heterocycles. The average molecular weight is 510 g/mol. The number of methoxy groups -OCH3 is 1. The van der Waals surface area contributed by atoms with E-state index in [4.69, 9.17) is 31.5 Å². The predicted molar refractivity (Wildman–Crippen MR) is 133 cm³/mol. The molecule has 1 aliphatic heterocycles. The second kappa shape index (κ2) is 12.9. The molecule has 11 heteroatoms. The Labute approximate surface area is 209 Å². The van der Waals surface area contributed by atoms with Gasteiger partial charge in [0.15, 0.2) is 5.15 Å². The van der Waals surface area contributed by atoms with Crippen LogP contribution in [0.3, 0.4) is 0 Å². The van der Waals surface area contributed by atoms with E-state index in [2.05, 4.69) is 15.0 Å². The Bertz CT molecular complexity index is 959. The lowest BCUT2D eigenvalue weighted by molar-refractivity contribution is 0.0428.